The average Bonchev–Trinajstić information content (AvgIpc) is 2.99. The van der Waals surface area contributed by atoms with E-state index in [1.807, 2.05) is 0 Å². The third kappa shape index (κ3) is 4.08. The molecule has 4 nitrogen and oxygen atoms in total. The Labute approximate surface area is 108 Å². The van der Waals surface area contributed by atoms with Crippen LogP contribution in [0.1, 0.15) is 32.6 Å². The van der Waals surface area contributed by atoms with Gasteiger partial charge in [-0.1, -0.05) is 0 Å². The molecule has 2 heterocycles. The number of nitrogens with one attached hydrogen (secondary N) is 2. The Hall–Kier alpha value is -0.390. The zero-order valence-electron chi connectivity index (χ0n) is 10.4. The van der Waals surface area contributed by atoms with Gasteiger partial charge in [-0.2, -0.15) is 0 Å². The maximum Gasteiger partial charge on any atom is 0.166 e. The Morgan fingerprint density at radius 3 is 2.71 bits per heavy atom. The highest BCUT2D eigenvalue weighted by atomic mass is 32.1. The molecule has 2 N–H and O–H groups in total. The fraction of sp³-hybridized carbons (Fsp3) is 0.917. The van der Waals surface area contributed by atoms with E-state index in [2.05, 4.69) is 17.6 Å². The molecule has 0 aromatic carbocycles. The van der Waals surface area contributed by atoms with Crippen LogP contribution in [0.5, 0.6) is 0 Å². The van der Waals surface area contributed by atoms with Gasteiger partial charge in [0.05, 0.1) is 18.2 Å². The minimum atomic E-state index is 0.280. The van der Waals surface area contributed by atoms with E-state index in [0.29, 0.717) is 17.3 Å². The molecule has 2 fully saturated rings. The number of hydrogen-bond donors (Lipinski definition) is 2. The van der Waals surface area contributed by atoms with Crippen molar-refractivity contribution in [3.8, 4) is 0 Å². The molecule has 0 saturated carbocycles. The molecule has 0 aromatic rings. The SMILES string of the molecule is CC(NC(=S)NCC1CCCO1)C1CCCO1. The maximum absolute atomic E-state index is 5.62. The second-order valence-electron chi connectivity index (χ2n) is 4.83. The van der Waals surface area contributed by atoms with E-state index < -0.39 is 0 Å². The van der Waals surface area contributed by atoms with Gasteiger partial charge in [0.25, 0.3) is 0 Å². The van der Waals surface area contributed by atoms with Crippen LogP contribution in [0.3, 0.4) is 0 Å². The summed E-state index contributed by atoms with van der Waals surface area (Å²) in [5.74, 6) is 0. The van der Waals surface area contributed by atoms with Crippen LogP contribution >= 0.6 is 12.2 Å². The van der Waals surface area contributed by atoms with Crippen molar-refractivity contribution >= 4 is 17.3 Å². The van der Waals surface area contributed by atoms with Gasteiger partial charge in [-0.15, -0.1) is 0 Å². The van der Waals surface area contributed by atoms with Crippen molar-refractivity contribution < 1.29 is 9.47 Å². The highest BCUT2D eigenvalue weighted by Gasteiger charge is 2.23. The summed E-state index contributed by atoms with van der Waals surface area (Å²) >= 11 is 5.27. The van der Waals surface area contributed by atoms with Gasteiger partial charge in [0.15, 0.2) is 5.11 Å². The van der Waals surface area contributed by atoms with Gasteiger partial charge >= 0.3 is 0 Å². The van der Waals surface area contributed by atoms with Gasteiger partial charge in [0, 0.05) is 19.8 Å². The first-order chi connectivity index (χ1) is 8.25. The minimum Gasteiger partial charge on any atom is -0.376 e. The van der Waals surface area contributed by atoms with Gasteiger partial charge in [0.2, 0.25) is 0 Å². The van der Waals surface area contributed by atoms with Crippen molar-refractivity contribution in [2.24, 2.45) is 0 Å². The van der Waals surface area contributed by atoms with Crippen LogP contribution < -0.4 is 10.6 Å². The Morgan fingerprint density at radius 1 is 1.29 bits per heavy atom. The van der Waals surface area contributed by atoms with Crippen LogP contribution in [0.4, 0.5) is 0 Å². The average molecular weight is 258 g/mol. The Morgan fingerprint density at radius 2 is 2.06 bits per heavy atom. The highest BCUT2D eigenvalue weighted by molar-refractivity contribution is 7.80. The summed E-state index contributed by atoms with van der Waals surface area (Å²) in [4.78, 5) is 0. The molecule has 3 unspecified atom stereocenters. The predicted molar refractivity (Wildman–Crippen MR) is 71.1 cm³/mol. The maximum atomic E-state index is 5.62. The molecular weight excluding hydrogens is 236 g/mol. The van der Waals surface area contributed by atoms with Crippen molar-refractivity contribution in [2.75, 3.05) is 19.8 Å². The number of thiocarbonyl (C=S) groups is 1. The van der Waals surface area contributed by atoms with Gasteiger partial charge in [-0.25, -0.2) is 0 Å². The lowest BCUT2D eigenvalue weighted by atomic mass is 10.1. The Bertz CT molecular complexity index is 251. The third-order valence-corrected chi connectivity index (χ3v) is 3.66. The third-order valence-electron chi connectivity index (χ3n) is 3.40. The summed E-state index contributed by atoms with van der Waals surface area (Å²) in [6.07, 6.45) is 5.22. The molecule has 17 heavy (non-hydrogen) atoms. The molecule has 0 bridgehead atoms. The molecule has 0 aliphatic carbocycles. The van der Waals surface area contributed by atoms with Gasteiger partial charge in [-0.3, -0.25) is 0 Å². The molecule has 0 aromatic heterocycles. The van der Waals surface area contributed by atoms with E-state index in [-0.39, 0.29) is 6.04 Å². The number of rotatable bonds is 4. The minimum absolute atomic E-state index is 0.280. The smallest absolute Gasteiger partial charge is 0.166 e. The van der Waals surface area contributed by atoms with Crippen molar-refractivity contribution in [3.05, 3.63) is 0 Å². The molecule has 0 amide bonds. The highest BCUT2D eigenvalue weighted by Crippen LogP contribution is 2.15. The van der Waals surface area contributed by atoms with Crippen molar-refractivity contribution in [1.29, 1.82) is 0 Å². The van der Waals surface area contributed by atoms with E-state index >= 15 is 0 Å². The quantitative estimate of drug-likeness (QED) is 0.742. The van der Waals surface area contributed by atoms with Crippen LogP contribution in [0.15, 0.2) is 0 Å². The molecule has 2 aliphatic heterocycles. The molecule has 0 spiro atoms. The molecule has 2 aliphatic rings. The lowest BCUT2D eigenvalue weighted by Crippen LogP contribution is -2.47. The van der Waals surface area contributed by atoms with E-state index in [1.54, 1.807) is 0 Å². The fourth-order valence-electron chi connectivity index (χ4n) is 2.36. The molecule has 2 saturated heterocycles. The Kier molecular flexibility index (Phi) is 5.00. The van der Waals surface area contributed by atoms with Crippen molar-refractivity contribution in [1.82, 2.24) is 10.6 Å². The van der Waals surface area contributed by atoms with Crippen molar-refractivity contribution in [3.63, 3.8) is 0 Å². The fourth-order valence-corrected chi connectivity index (χ4v) is 2.63. The summed E-state index contributed by atoms with van der Waals surface area (Å²) in [6.45, 7) is 4.70. The van der Waals surface area contributed by atoms with Gasteiger partial charge in [0.1, 0.15) is 0 Å². The zero-order chi connectivity index (χ0) is 12.1. The van der Waals surface area contributed by atoms with Gasteiger partial charge in [-0.05, 0) is 44.8 Å². The first-order valence-electron chi connectivity index (χ1n) is 6.53. The Balaban J connectivity index is 1.62. The standard InChI is InChI=1S/C12H22N2O2S/c1-9(11-5-3-7-16-11)14-12(17)13-8-10-4-2-6-15-10/h9-11H,2-8H2,1H3,(H2,13,14,17). The monoisotopic (exact) mass is 258 g/mol. The second kappa shape index (κ2) is 6.52. The first-order valence-corrected chi connectivity index (χ1v) is 6.94. The van der Waals surface area contributed by atoms with Crippen LogP contribution in [-0.2, 0) is 9.47 Å². The predicted octanol–water partition coefficient (Wildman–Crippen LogP) is 1.20. The summed E-state index contributed by atoms with van der Waals surface area (Å²) in [5.41, 5.74) is 0. The normalized spacial score (nSPS) is 30.2. The van der Waals surface area contributed by atoms with Crippen LogP contribution in [0, 0.1) is 0 Å². The number of hydrogen-bond acceptors (Lipinski definition) is 3. The summed E-state index contributed by atoms with van der Waals surface area (Å²) < 4.78 is 11.2. The van der Waals surface area contributed by atoms with Crippen LogP contribution in [0.25, 0.3) is 0 Å². The molecule has 98 valence electrons. The summed E-state index contributed by atoms with van der Waals surface area (Å²) in [6, 6.07) is 0.280. The lowest BCUT2D eigenvalue weighted by Gasteiger charge is -2.22. The second-order valence-corrected chi connectivity index (χ2v) is 5.24. The first kappa shape index (κ1) is 13.1. The van der Waals surface area contributed by atoms with E-state index in [4.69, 9.17) is 21.7 Å². The molecule has 3 atom stereocenters. The molecular formula is C12H22N2O2S. The largest absolute Gasteiger partial charge is 0.376 e. The molecule has 2 rings (SSSR count). The van der Waals surface area contributed by atoms with Crippen LogP contribution in [0.2, 0.25) is 0 Å². The van der Waals surface area contributed by atoms with Gasteiger partial charge < -0.3 is 20.1 Å². The van der Waals surface area contributed by atoms with E-state index in [9.17, 15) is 0 Å². The number of ether oxygens (including phenoxy) is 2. The van der Waals surface area contributed by atoms with Crippen LogP contribution in [-0.4, -0.2) is 43.1 Å². The molecule has 5 heteroatoms. The van der Waals surface area contributed by atoms with E-state index in [0.717, 1.165) is 39.0 Å². The lowest BCUT2D eigenvalue weighted by molar-refractivity contribution is 0.0889. The van der Waals surface area contributed by atoms with Crippen molar-refractivity contribution in [2.45, 2.75) is 50.9 Å². The topological polar surface area (TPSA) is 42.5 Å². The van der Waals surface area contributed by atoms with E-state index in [1.165, 1.54) is 6.42 Å². The summed E-state index contributed by atoms with van der Waals surface area (Å²) in [7, 11) is 0. The summed E-state index contributed by atoms with van der Waals surface area (Å²) in [5, 5.41) is 7.22. The zero-order valence-corrected chi connectivity index (χ0v) is 11.2. The molecule has 0 radical (unpaired) electrons.